The first-order valence-electron chi connectivity index (χ1n) is 3.72. The molecule has 0 atom stereocenters. The van der Waals surface area contributed by atoms with Crippen LogP contribution in [0.15, 0.2) is 10.7 Å². The van der Waals surface area contributed by atoms with Gasteiger partial charge in [-0.15, -0.1) is 0 Å². The van der Waals surface area contributed by atoms with E-state index in [0.29, 0.717) is 16.3 Å². The molecule has 0 saturated carbocycles. The second-order valence-corrected chi connectivity index (χ2v) is 3.31. The Hall–Kier alpha value is -0.880. The van der Waals surface area contributed by atoms with Crippen LogP contribution in [0.1, 0.15) is 28.0 Å². The smallest absolute Gasteiger partial charge is 0.281 e. The van der Waals surface area contributed by atoms with Crippen molar-refractivity contribution in [3.8, 4) is 0 Å². The third kappa shape index (κ3) is 1.96. The molecule has 14 heavy (non-hydrogen) atoms. The number of nitrogens with two attached hydrogens (primary N) is 1. The van der Waals surface area contributed by atoms with Gasteiger partial charge in [0.15, 0.2) is 6.29 Å². The third-order valence-corrected chi connectivity index (χ3v) is 2.63. The molecule has 0 bridgehead atoms. The highest BCUT2D eigenvalue weighted by atomic mass is 79.9. The maximum atomic E-state index is 12.4. The summed E-state index contributed by atoms with van der Waals surface area (Å²) in [6.45, 7) is 0.137. The molecular formula is C8H7BrF2N2O. The van der Waals surface area contributed by atoms with Crippen molar-refractivity contribution in [1.82, 2.24) is 4.98 Å². The second kappa shape index (κ2) is 4.56. The molecule has 0 spiro atoms. The molecule has 1 rings (SSSR count). The molecule has 6 heteroatoms. The van der Waals surface area contributed by atoms with Crippen molar-refractivity contribution < 1.29 is 13.6 Å². The Labute approximate surface area is 87.4 Å². The van der Waals surface area contributed by atoms with Gasteiger partial charge in [-0.1, -0.05) is 0 Å². The van der Waals surface area contributed by atoms with E-state index in [1.54, 1.807) is 0 Å². The van der Waals surface area contributed by atoms with Crippen LogP contribution in [0, 0.1) is 0 Å². The fourth-order valence-corrected chi connectivity index (χ4v) is 1.55. The average molecular weight is 265 g/mol. The molecule has 1 aromatic heterocycles. The van der Waals surface area contributed by atoms with Gasteiger partial charge < -0.3 is 5.73 Å². The predicted octanol–water partition coefficient (Wildman–Crippen LogP) is 2.05. The Morgan fingerprint density at radius 1 is 1.64 bits per heavy atom. The van der Waals surface area contributed by atoms with Gasteiger partial charge in [-0.3, -0.25) is 9.78 Å². The molecule has 0 amide bonds. The molecule has 1 heterocycles. The van der Waals surface area contributed by atoms with Gasteiger partial charge in [0.2, 0.25) is 0 Å². The van der Waals surface area contributed by atoms with Crippen LogP contribution >= 0.6 is 15.9 Å². The lowest BCUT2D eigenvalue weighted by Crippen LogP contribution is -2.05. The Morgan fingerprint density at radius 3 is 2.71 bits per heavy atom. The zero-order chi connectivity index (χ0) is 10.7. The lowest BCUT2D eigenvalue weighted by atomic mass is 10.1. The highest BCUT2D eigenvalue weighted by Gasteiger charge is 2.18. The summed E-state index contributed by atoms with van der Waals surface area (Å²) in [5.41, 5.74) is 5.19. The van der Waals surface area contributed by atoms with E-state index in [0.717, 1.165) is 0 Å². The highest BCUT2D eigenvalue weighted by Crippen LogP contribution is 2.27. The number of nitrogens with zero attached hydrogens (tertiary/aromatic N) is 1. The number of hydrogen-bond donors (Lipinski definition) is 1. The summed E-state index contributed by atoms with van der Waals surface area (Å²) in [5, 5.41) is 0. The number of pyridine rings is 1. The molecule has 0 aromatic carbocycles. The number of halogens is 3. The van der Waals surface area contributed by atoms with E-state index in [9.17, 15) is 13.6 Å². The van der Waals surface area contributed by atoms with Gasteiger partial charge in [0.05, 0.1) is 5.56 Å². The van der Waals surface area contributed by atoms with Gasteiger partial charge in [0, 0.05) is 17.2 Å². The Kier molecular flexibility index (Phi) is 3.65. The average Bonchev–Trinajstić information content (AvgIpc) is 2.17. The number of aromatic nitrogens is 1. The summed E-state index contributed by atoms with van der Waals surface area (Å²) in [7, 11) is 0. The molecule has 0 unspecified atom stereocenters. The van der Waals surface area contributed by atoms with Gasteiger partial charge in [0.25, 0.3) is 6.43 Å². The van der Waals surface area contributed by atoms with Gasteiger partial charge in [-0.25, -0.2) is 8.78 Å². The van der Waals surface area contributed by atoms with E-state index in [-0.39, 0.29) is 12.1 Å². The first kappa shape index (κ1) is 11.2. The van der Waals surface area contributed by atoms with E-state index >= 15 is 0 Å². The van der Waals surface area contributed by atoms with Crippen molar-refractivity contribution in [3.63, 3.8) is 0 Å². The van der Waals surface area contributed by atoms with Gasteiger partial charge in [-0.2, -0.15) is 0 Å². The first-order valence-corrected chi connectivity index (χ1v) is 4.51. The quantitative estimate of drug-likeness (QED) is 0.851. The largest absolute Gasteiger partial charge is 0.326 e. The molecule has 76 valence electrons. The molecule has 0 aliphatic rings. The summed E-state index contributed by atoms with van der Waals surface area (Å²) in [6, 6.07) is 0. The van der Waals surface area contributed by atoms with Crippen LogP contribution in [0.3, 0.4) is 0 Å². The normalized spacial score (nSPS) is 10.6. The zero-order valence-electron chi connectivity index (χ0n) is 7.01. The first-order chi connectivity index (χ1) is 6.61. The Morgan fingerprint density at radius 2 is 2.29 bits per heavy atom. The summed E-state index contributed by atoms with van der Waals surface area (Å²) < 4.78 is 25.0. The van der Waals surface area contributed by atoms with Crippen LogP contribution < -0.4 is 5.73 Å². The van der Waals surface area contributed by atoms with E-state index in [1.807, 2.05) is 0 Å². The fraction of sp³-hybridized carbons (Fsp3) is 0.250. The second-order valence-electron chi connectivity index (χ2n) is 2.52. The molecule has 3 nitrogen and oxygen atoms in total. The molecule has 0 saturated heterocycles. The topological polar surface area (TPSA) is 56.0 Å². The Bertz CT molecular complexity index is 357. The standard InChI is InChI=1S/C8H7BrF2N2O/c9-6-4(1-12)2-13-7(8(10)11)5(6)3-14/h2-3,8H,1,12H2. The summed E-state index contributed by atoms with van der Waals surface area (Å²) >= 11 is 3.04. The number of hydrogen-bond acceptors (Lipinski definition) is 3. The molecule has 0 aliphatic heterocycles. The molecule has 0 aliphatic carbocycles. The highest BCUT2D eigenvalue weighted by molar-refractivity contribution is 9.10. The molecule has 0 radical (unpaired) electrons. The van der Waals surface area contributed by atoms with Crippen LogP contribution in [-0.2, 0) is 6.54 Å². The van der Waals surface area contributed by atoms with Crippen molar-refractivity contribution >= 4 is 22.2 Å². The summed E-state index contributed by atoms with van der Waals surface area (Å²) in [4.78, 5) is 14.1. The lowest BCUT2D eigenvalue weighted by Gasteiger charge is -2.07. The summed E-state index contributed by atoms with van der Waals surface area (Å²) in [6.07, 6.45) is -1.19. The molecule has 0 fully saturated rings. The molecule has 1 aromatic rings. The van der Waals surface area contributed by atoms with Gasteiger partial charge >= 0.3 is 0 Å². The van der Waals surface area contributed by atoms with Crippen molar-refractivity contribution in [2.24, 2.45) is 5.73 Å². The number of aldehydes is 1. The zero-order valence-corrected chi connectivity index (χ0v) is 8.59. The summed E-state index contributed by atoms with van der Waals surface area (Å²) in [5.74, 6) is 0. The number of carbonyl (C=O) groups excluding carboxylic acids is 1. The van der Waals surface area contributed by atoms with Crippen LogP contribution in [0.2, 0.25) is 0 Å². The monoisotopic (exact) mass is 264 g/mol. The van der Waals surface area contributed by atoms with Crippen molar-refractivity contribution in [2.75, 3.05) is 0 Å². The van der Waals surface area contributed by atoms with Crippen LogP contribution in [0.5, 0.6) is 0 Å². The van der Waals surface area contributed by atoms with E-state index in [4.69, 9.17) is 5.73 Å². The van der Waals surface area contributed by atoms with Crippen LogP contribution in [-0.4, -0.2) is 11.3 Å². The predicted molar refractivity (Wildman–Crippen MR) is 50.2 cm³/mol. The van der Waals surface area contributed by atoms with E-state index < -0.39 is 12.1 Å². The van der Waals surface area contributed by atoms with Gasteiger partial charge in [0.1, 0.15) is 5.69 Å². The number of rotatable bonds is 3. The SMILES string of the molecule is NCc1cnc(C(F)F)c(C=O)c1Br. The van der Waals surface area contributed by atoms with Crippen molar-refractivity contribution in [2.45, 2.75) is 13.0 Å². The van der Waals surface area contributed by atoms with Crippen molar-refractivity contribution in [3.05, 3.63) is 27.5 Å². The van der Waals surface area contributed by atoms with Crippen LogP contribution in [0.25, 0.3) is 0 Å². The number of alkyl halides is 2. The Balaban J connectivity index is 3.35. The van der Waals surface area contributed by atoms with E-state index in [2.05, 4.69) is 20.9 Å². The maximum absolute atomic E-state index is 12.4. The van der Waals surface area contributed by atoms with Crippen molar-refractivity contribution in [1.29, 1.82) is 0 Å². The lowest BCUT2D eigenvalue weighted by molar-refractivity contribution is 0.110. The molecule has 2 N–H and O–H groups in total. The minimum Gasteiger partial charge on any atom is -0.326 e. The fourth-order valence-electron chi connectivity index (χ4n) is 0.987. The molecular weight excluding hydrogens is 258 g/mol. The maximum Gasteiger partial charge on any atom is 0.281 e. The van der Waals surface area contributed by atoms with E-state index in [1.165, 1.54) is 6.20 Å². The third-order valence-electron chi connectivity index (χ3n) is 1.70. The minimum atomic E-state index is -2.77. The van der Waals surface area contributed by atoms with Crippen LogP contribution in [0.4, 0.5) is 8.78 Å². The van der Waals surface area contributed by atoms with Gasteiger partial charge in [-0.05, 0) is 21.5 Å². The minimum absolute atomic E-state index is 0.136. The number of carbonyl (C=O) groups is 1.